The van der Waals surface area contributed by atoms with E-state index >= 15 is 0 Å². The van der Waals surface area contributed by atoms with E-state index in [1.807, 2.05) is 24.0 Å². The molecule has 2 saturated heterocycles. The lowest BCUT2D eigenvalue weighted by molar-refractivity contribution is -0.130. The Morgan fingerprint density at radius 2 is 1.66 bits per heavy atom. The number of nitrogens with one attached hydrogen (secondary N) is 1. The first kappa shape index (κ1) is 21.1. The van der Waals surface area contributed by atoms with Gasteiger partial charge >= 0.3 is 0 Å². The summed E-state index contributed by atoms with van der Waals surface area (Å²) < 4.78 is 0. The molecule has 0 saturated carbocycles. The summed E-state index contributed by atoms with van der Waals surface area (Å²) in [5, 5.41) is 3.00. The van der Waals surface area contributed by atoms with E-state index in [1.165, 1.54) is 6.08 Å². The van der Waals surface area contributed by atoms with Crippen molar-refractivity contribution in [3.8, 4) is 0 Å². The number of carbonyl (C=O) groups excluding carboxylic acids is 3. The zero-order valence-corrected chi connectivity index (χ0v) is 17.4. The lowest BCUT2D eigenvalue weighted by Gasteiger charge is -2.31. The number of amides is 3. The predicted octanol–water partition coefficient (Wildman–Crippen LogP) is 3.23. The van der Waals surface area contributed by atoms with Crippen LogP contribution in [0, 0.1) is 18.8 Å². The van der Waals surface area contributed by atoms with E-state index in [0.29, 0.717) is 37.4 Å². The van der Waals surface area contributed by atoms with Gasteiger partial charge in [-0.05, 0) is 68.4 Å². The van der Waals surface area contributed by atoms with Crippen LogP contribution in [0.1, 0.15) is 48.5 Å². The molecule has 6 nitrogen and oxygen atoms in total. The number of rotatable bonds is 4. The second-order valence-electron chi connectivity index (χ2n) is 8.30. The van der Waals surface area contributed by atoms with E-state index in [4.69, 9.17) is 0 Å². The van der Waals surface area contributed by atoms with E-state index in [9.17, 15) is 14.4 Å². The summed E-state index contributed by atoms with van der Waals surface area (Å²) >= 11 is 0. The standard InChI is InChI=1S/C23H31N3O3/c1-4-21(27)25-13-9-18(10-14-25)22(28)24-20-6-5-19(15-17(20)3)23(29)26-11-7-16(2)8-12-26/h4-6,15-16,18H,1,7-14H2,2-3H3,(H,24,28). The number of anilines is 1. The number of likely N-dealkylation sites (tertiary alicyclic amines) is 2. The Morgan fingerprint density at radius 1 is 1.03 bits per heavy atom. The SMILES string of the molecule is C=CC(=O)N1CCC(C(=O)Nc2ccc(C(=O)N3CCC(C)CC3)cc2C)CC1. The molecule has 0 aromatic heterocycles. The summed E-state index contributed by atoms with van der Waals surface area (Å²) in [4.78, 5) is 40.7. The third-order valence-corrected chi connectivity index (χ3v) is 6.15. The van der Waals surface area contributed by atoms with Gasteiger partial charge in [0.2, 0.25) is 11.8 Å². The van der Waals surface area contributed by atoms with Crippen LogP contribution in [0.5, 0.6) is 0 Å². The molecular weight excluding hydrogens is 366 g/mol. The Hall–Kier alpha value is -2.63. The fraction of sp³-hybridized carbons (Fsp3) is 0.522. The van der Waals surface area contributed by atoms with Crippen LogP contribution in [0.3, 0.4) is 0 Å². The highest BCUT2D eigenvalue weighted by molar-refractivity contribution is 5.97. The Balaban J connectivity index is 1.58. The Labute approximate surface area is 172 Å². The molecule has 2 heterocycles. The molecule has 0 radical (unpaired) electrons. The summed E-state index contributed by atoms with van der Waals surface area (Å²) in [5.41, 5.74) is 2.29. The van der Waals surface area contributed by atoms with Crippen LogP contribution >= 0.6 is 0 Å². The van der Waals surface area contributed by atoms with Gasteiger partial charge in [-0.1, -0.05) is 13.5 Å². The lowest BCUT2D eigenvalue weighted by Crippen LogP contribution is -2.40. The van der Waals surface area contributed by atoms with Crippen LogP contribution in [0.4, 0.5) is 5.69 Å². The summed E-state index contributed by atoms with van der Waals surface area (Å²) in [6.45, 7) is 10.4. The Kier molecular flexibility index (Phi) is 6.72. The van der Waals surface area contributed by atoms with Crippen molar-refractivity contribution in [1.82, 2.24) is 9.80 Å². The van der Waals surface area contributed by atoms with Gasteiger partial charge in [-0.3, -0.25) is 14.4 Å². The summed E-state index contributed by atoms with van der Waals surface area (Å²) in [6.07, 6.45) is 4.71. The monoisotopic (exact) mass is 397 g/mol. The number of carbonyl (C=O) groups is 3. The first-order chi connectivity index (χ1) is 13.9. The number of benzene rings is 1. The van der Waals surface area contributed by atoms with E-state index in [0.717, 1.165) is 37.2 Å². The first-order valence-electron chi connectivity index (χ1n) is 10.5. The number of piperidine rings is 2. The molecule has 0 aliphatic carbocycles. The van der Waals surface area contributed by atoms with Crippen molar-refractivity contribution >= 4 is 23.4 Å². The molecule has 3 amide bonds. The average molecular weight is 398 g/mol. The molecule has 0 unspecified atom stereocenters. The third-order valence-electron chi connectivity index (χ3n) is 6.15. The predicted molar refractivity (Wildman–Crippen MR) is 114 cm³/mol. The molecule has 2 aliphatic heterocycles. The van der Waals surface area contributed by atoms with Crippen molar-refractivity contribution in [2.24, 2.45) is 11.8 Å². The normalized spacial score (nSPS) is 18.4. The fourth-order valence-electron chi connectivity index (χ4n) is 4.06. The molecule has 29 heavy (non-hydrogen) atoms. The van der Waals surface area contributed by atoms with Gasteiger partial charge in [-0.25, -0.2) is 0 Å². The number of hydrogen-bond donors (Lipinski definition) is 1. The topological polar surface area (TPSA) is 69.7 Å². The number of hydrogen-bond acceptors (Lipinski definition) is 3. The summed E-state index contributed by atoms with van der Waals surface area (Å²) in [5.74, 6) is 0.531. The molecule has 2 aliphatic rings. The Bertz CT molecular complexity index is 789. The minimum absolute atomic E-state index is 0.0251. The van der Waals surface area contributed by atoms with E-state index in [-0.39, 0.29) is 23.6 Å². The minimum atomic E-state index is -0.111. The summed E-state index contributed by atoms with van der Waals surface area (Å²) in [7, 11) is 0. The molecule has 0 bridgehead atoms. The van der Waals surface area contributed by atoms with Gasteiger partial charge in [0, 0.05) is 43.3 Å². The van der Waals surface area contributed by atoms with Crippen molar-refractivity contribution < 1.29 is 14.4 Å². The van der Waals surface area contributed by atoms with Crippen molar-refractivity contribution in [3.63, 3.8) is 0 Å². The lowest BCUT2D eigenvalue weighted by atomic mass is 9.95. The molecule has 3 rings (SSSR count). The molecular formula is C23H31N3O3. The third kappa shape index (κ3) is 5.05. The van der Waals surface area contributed by atoms with Gasteiger partial charge in [-0.15, -0.1) is 0 Å². The van der Waals surface area contributed by atoms with Gasteiger partial charge in [0.05, 0.1) is 0 Å². The Morgan fingerprint density at radius 3 is 2.24 bits per heavy atom. The van der Waals surface area contributed by atoms with Crippen molar-refractivity contribution in [2.75, 3.05) is 31.5 Å². The molecule has 0 spiro atoms. The maximum absolute atomic E-state index is 12.7. The fourth-order valence-corrected chi connectivity index (χ4v) is 4.06. The average Bonchev–Trinajstić information content (AvgIpc) is 2.74. The quantitative estimate of drug-likeness (QED) is 0.793. The van der Waals surface area contributed by atoms with E-state index in [1.54, 1.807) is 11.0 Å². The zero-order chi connectivity index (χ0) is 21.0. The highest BCUT2D eigenvalue weighted by Gasteiger charge is 2.27. The zero-order valence-electron chi connectivity index (χ0n) is 17.4. The first-order valence-corrected chi connectivity index (χ1v) is 10.5. The second kappa shape index (κ2) is 9.25. The molecule has 6 heteroatoms. The van der Waals surface area contributed by atoms with Gasteiger partial charge < -0.3 is 15.1 Å². The highest BCUT2D eigenvalue weighted by Crippen LogP contribution is 2.24. The maximum atomic E-state index is 12.7. The second-order valence-corrected chi connectivity index (χ2v) is 8.30. The van der Waals surface area contributed by atoms with E-state index < -0.39 is 0 Å². The van der Waals surface area contributed by atoms with Gasteiger partial charge in [0.15, 0.2) is 0 Å². The van der Waals surface area contributed by atoms with Gasteiger partial charge in [-0.2, -0.15) is 0 Å². The van der Waals surface area contributed by atoms with E-state index in [2.05, 4.69) is 18.8 Å². The maximum Gasteiger partial charge on any atom is 0.253 e. The molecule has 1 N–H and O–H groups in total. The van der Waals surface area contributed by atoms with Gasteiger partial charge in [0.25, 0.3) is 5.91 Å². The molecule has 1 aromatic rings. The van der Waals surface area contributed by atoms with Crippen LogP contribution in [-0.4, -0.2) is 53.7 Å². The van der Waals surface area contributed by atoms with Crippen molar-refractivity contribution in [3.05, 3.63) is 42.0 Å². The van der Waals surface area contributed by atoms with Crippen LogP contribution in [-0.2, 0) is 9.59 Å². The van der Waals surface area contributed by atoms with Crippen LogP contribution in [0.15, 0.2) is 30.9 Å². The smallest absolute Gasteiger partial charge is 0.253 e. The molecule has 0 atom stereocenters. The molecule has 1 aromatic carbocycles. The van der Waals surface area contributed by atoms with Gasteiger partial charge in [0.1, 0.15) is 0 Å². The van der Waals surface area contributed by atoms with Crippen LogP contribution < -0.4 is 5.32 Å². The highest BCUT2D eigenvalue weighted by atomic mass is 16.2. The largest absolute Gasteiger partial charge is 0.339 e. The van der Waals surface area contributed by atoms with Crippen molar-refractivity contribution in [2.45, 2.75) is 39.5 Å². The van der Waals surface area contributed by atoms with Crippen LogP contribution in [0.2, 0.25) is 0 Å². The minimum Gasteiger partial charge on any atom is -0.339 e. The molecule has 156 valence electrons. The van der Waals surface area contributed by atoms with Crippen molar-refractivity contribution in [1.29, 1.82) is 0 Å². The number of aryl methyl sites for hydroxylation is 1. The molecule has 2 fully saturated rings. The van der Waals surface area contributed by atoms with Crippen LogP contribution in [0.25, 0.3) is 0 Å². The summed E-state index contributed by atoms with van der Waals surface area (Å²) in [6, 6.07) is 5.49. The number of nitrogens with zero attached hydrogens (tertiary/aromatic N) is 2.